The maximum absolute atomic E-state index is 14.9. The van der Waals surface area contributed by atoms with Crippen molar-refractivity contribution in [3.05, 3.63) is 94.3 Å². The molecule has 1 heterocycles. The lowest BCUT2D eigenvalue weighted by Gasteiger charge is -2.34. The molecule has 3 rings (SSSR count). The summed E-state index contributed by atoms with van der Waals surface area (Å²) in [7, 11) is -4.33. The largest absolute Gasteiger partial charge is 0.444 e. The smallest absolute Gasteiger partial charge is 0.420 e. The zero-order valence-electron chi connectivity index (χ0n) is 23.4. The van der Waals surface area contributed by atoms with Gasteiger partial charge >= 0.3 is 12.2 Å². The summed E-state index contributed by atoms with van der Waals surface area (Å²) in [6, 6.07) is 10.6. The summed E-state index contributed by atoms with van der Waals surface area (Å²) in [5, 5.41) is -1.40. The number of ether oxygens (including phenoxy) is 2. The second kappa shape index (κ2) is 12.1. The van der Waals surface area contributed by atoms with Crippen LogP contribution in [0, 0.1) is 11.6 Å². The van der Waals surface area contributed by atoms with Gasteiger partial charge in [0.15, 0.2) is 9.84 Å². The van der Waals surface area contributed by atoms with Crippen LogP contribution in [-0.4, -0.2) is 41.6 Å². The summed E-state index contributed by atoms with van der Waals surface area (Å²) in [6.45, 7) is 9.61. The minimum Gasteiger partial charge on any atom is -0.444 e. The highest BCUT2D eigenvalue weighted by molar-refractivity contribution is 7.91. The Morgan fingerprint density at radius 3 is 2.12 bits per heavy atom. The van der Waals surface area contributed by atoms with E-state index in [2.05, 4.69) is 4.98 Å². The molecule has 2 aromatic carbocycles. The van der Waals surface area contributed by atoms with Gasteiger partial charge in [-0.25, -0.2) is 31.7 Å². The SMILES string of the molecule is CC(C)(C)OC(=O)N(C(=O)OCc1ccc(C(c2cc(F)ccc2F)S(=O)(=O)c2ccc(Cl)cc2)nc1)C(C)(C)C. The van der Waals surface area contributed by atoms with Gasteiger partial charge in [-0.1, -0.05) is 17.7 Å². The number of hydrogen-bond acceptors (Lipinski definition) is 7. The van der Waals surface area contributed by atoms with E-state index in [-0.39, 0.29) is 17.2 Å². The average molecular weight is 609 g/mol. The monoisotopic (exact) mass is 608 g/mol. The van der Waals surface area contributed by atoms with Gasteiger partial charge in [-0.2, -0.15) is 0 Å². The van der Waals surface area contributed by atoms with Crippen LogP contribution in [0.2, 0.25) is 5.02 Å². The molecule has 0 saturated heterocycles. The van der Waals surface area contributed by atoms with E-state index in [1.165, 1.54) is 42.6 Å². The topological polar surface area (TPSA) is 103 Å². The maximum atomic E-state index is 14.9. The Labute approximate surface area is 243 Å². The van der Waals surface area contributed by atoms with Crippen LogP contribution < -0.4 is 0 Å². The van der Waals surface area contributed by atoms with Crippen molar-refractivity contribution in [3.8, 4) is 0 Å². The number of rotatable bonds is 6. The quantitative estimate of drug-likeness (QED) is 0.290. The fourth-order valence-electron chi connectivity index (χ4n) is 3.78. The summed E-state index contributed by atoms with van der Waals surface area (Å²) < 4.78 is 66.9. The van der Waals surface area contributed by atoms with Crippen LogP contribution in [0.25, 0.3) is 0 Å². The Bertz CT molecular complexity index is 1520. The molecule has 12 heteroatoms. The van der Waals surface area contributed by atoms with Gasteiger partial charge in [-0.05, 0) is 90.1 Å². The number of imide groups is 1. The average Bonchev–Trinajstić information content (AvgIpc) is 2.84. The van der Waals surface area contributed by atoms with Crippen molar-refractivity contribution in [1.29, 1.82) is 0 Å². The lowest BCUT2D eigenvalue weighted by molar-refractivity contribution is 0.00313. The highest BCUT2D eigenvalue weighted by Gasteiger charge is 2.38. The Morgan fingerprint density at radius 2 is 1.59 bits per heavy atom. The molecule has 0 radical (unpaired) electrons. The van der Waals surface area contributed by atoms with Gasteiger partial charge in [-0.3, -0.25) is 4.98 Å². The lowest BCUT2D eigenvalue weighted by atomic mass is 10.1. The molecule has 220 valence electrons. The second-order valence-electron chi connectivity index (χ2n) is 11.2. The third-order valence-corrected chi connectivity index (χ3v) is 7.90. The third kappa shape index (κ3) is 8.01. The first kappa shape index (κ1) is 32.0. The van der Waals surface area contributed by atoms with Gasteiger partial charge in [0.05, 0.1) is 10.6 Å². The van der Waals surface area contributed by atoms with Gasteiger partial charge < -0.3 is 9.47 Å². The van der Waals surface area contributed by atoms with Crippen molar-refractivity contribution in [2.75, 3.05) is 0 Å². The number of carbonyl (C=O) groups is 2. The van der Waals surface area contributed by atoms with Crippen molar-refractivity contribution in [1.82, 2.24) is 9.88 Å². The zero-order valence-corrected chi connectivity index (χ0v) is 25.0. The Balaban J connectivity index is 1.91. The molecule has 0 saturated carbocycles. The third-order valence-electron chi connectivity index (χ3n) is 5.60. The van der Waals surface area contributed by atoms with Crippen LogP contribution in [0.5, 0.6) is 0 Å². The van der Waals surface area contributed by atoms with E-state index in [4.69, 9.17) is 21.1 Å². The molecule has 0 spiro atoms. The first-order valence-corrected chi connectivity index (χ1v) is 14.4. The summed E-state index contributed by atoms with van der Waals surface area (Å²) in [5.74, 6) is -1.76. The molecule has 1 atom stereocenters. The number of carbonyl (C=O) groups excluding carboxylic acids is 2. The van der Waals surface area contributed by atoms with Crippen molar-refractivity contribution in [3.63, 3.8) is 0 Å². The second-order valence-corrected chi connectivity index (χ2v) is 13.6. The molecular formula is C29H31ClF2N2O6S. The van der Waals surface area contributed by atoms with Crippen molar-refractivity contribution in [2.24, 2.45) is 0 Å². The van der Waals surface area contributed by atoms with Gasteiger partial charge in [-0.15, -0.1) is 0 Å². The molecule has 2 amide bonds. The Hall–Kier alpha value is -3.57. The zero-order chi connectivity index (χ0) is 30.8. The van der Waals surface area contributed by atoms with Crippen LogP contribution >= 0.6 is 11.6 Å². The Kier molecular flexibility index (Phi) is 9.44. The molecule has 1 aromatic heterocycles. The van der Waals surface area contributed by atoms with E-state index in [0.29, 0.717) is 10.6 Å². The van der Waals surface area contributed by atoms with Crippen LogP contribution in [0.3, 0.4) is 0 Å². The van der Waals surface area contributed by atoms with E-state index in [9.17, 15) is 26.8 Å². The normalized spacial score (nSPS) is 12.9. The lowest BCUT2D eigenvalue weighted by Crippen LogP contribution is -2.51. The molecule has 41 heavy (non-hydrogen) atoms. The molecule has 0 aliphatic rings. The summed E-state index contributed by atoms with van der Waals surface area (Å²) >= 11 is 5.90. The van der Waals surface area contributed by atoms with Crippen molar-refractivity contribution in [2.45, 2.75) is 69.4 Å². The first-order chi connectivity index (χ1) is 18.9. The summed E-state index contributed by atoms with van der Waals surface area (Å²) in [4.78, 5) is 30.4. The fraction of sp³-hybridized carbons (Fsp3) is 0.345. The van der Waals surface area contributed by atoms with Crippen molar-refractivity contribution < 1.29 is 36.3 Å². The van der Waals surface area contributed by atoms with Gasteiger partial charge in [0.1, 0.15) is 29.1 Å². The van der Waals surface area contributed by atoms with E-state index >= 15 is 0 Å². The number of sulfone groups is 1. The molecule has 1 unspecified atom stereocenters. The Morgan fingerprint density at radius 1 is 0.951 bits per heavy atom. The highest BCUT2D eigenvalue weighted by Crippen LogP contribution is 2.36. The molecule has 0 fully saturated rings. The number of benzene rings is 2. The molecular weight excluding hydrogens is 578 g/mol. The van der Waals surface area contributed by atoms with Crippen LogP contribution in [-0.2, 0) is 25.9 Å². The van der Waals surface area contributed by atoms with Crippen LogP contribution in [0.15, 0.2) is 65.7 Å². The molecule has 0 bridgehead atoms. The number of halogens is 3. The number of nitrogens with zero attached hydrogens (tertiary/aromatic N) is 2. The van der Waals surface area contributed by atoms with Crippen LogP contribution in [0.1, 0.15) is 63.6 Å². The molecule has 0 N–H and O–H groups in total. The van der Waals surface area contributed by atoms with Gasteiger partial charge in [0.25, 0.3) is 0 Å². The number of pyridine rings is 1. The minimum atomic E-state index is -4.33. The van der Waals surface area contributed by atoms with E-state index < -0.39 is 55.6 Å². The fourth-order valence-corrected chi connectivity index (χ4v) is 5.66. The van der Waals surface area contributed by atoms with E-state index in [1.807, 2.05) is 0 Å². The molecule has 3 aromatic rings. The number of amides is 2. The predicted octanol–water partition coefficient (Wildman–Crippen LogP) is 7.25. The maximum Gasteiger partial charge on any atom is 0.420 e. The first-order valence-electron chi connectivity index (χ1n) is 12.5. The van der Waals surface area contributed by atoms with Gasteiger partial charge in [0, 0.05) is 27.9 Å². The predicted molar refractivity (Wildman–Crippen MR) is 149 cm³/mol. The van der Waals surface area contributed by atoms with Crippen molar-refractivity contribution >= 4 is 33.6 Å². The number of hydrogen-bond donors (Lipinski definition) is 0. The standard InChI is InChI=1S/C29H31ClF2N2O6S/c1-28(2,3)34(27(36)40-29(4,5)6)26(35)39-17-18-7-14-24(33-16-18)25(22-15-20(31)10-13-23(22)32)41(37,38)21-11-8-19(30)9-12-21/h7-16,25H,17H2,1-6H3. The van der Waals surface area contributed by atoms with Crippen LogP contribution in [0.4, 0.5) is 18.4 Å². The summed E-state index contributed by atoms with van der Waals surface area (Å²) in [6.07, 6.45) is -0.587. The molecule has 0 aliphatic carbocycles. The van der Waals surface area contributed by atoms with E-state index in [0.717, 1.165) is 23.1 Å². The van der Waals surface area contributed by atoms with E-state index in [1.54, 1.807) is 41.5 Å². The highest BCUT2D eigenvalue weighted by atomic mass is 35.5. The minimum absolute atomic E-state index is 0.0930. The molecule has 0 aliphatic heterocycles. The summed E-state index contributed by atoms with van der Waals surface area (Å²) in [5.41, 5.74) is -1.97. The molecule has 8 nitrogen and oxygen atoms in total. The van der Waals surface area contributed by atoms with Gasteiger partial charge in [0.2, 0.25) is 0 Å². The number of aromatic nitrogens is 1.